The number of fused-ring (bicyclic) bond motifs is 1. The number of aliphatic imine (C=N–C) groups is 1. The molecular weight excluding hydrogens is 510 g/mol. The summed E-state index contributed by atoms with van der Waals surface area (Å²) >= 11 is 1.35. The summed E-state index contributed by atoms with van der Waals surface area (Å²) in [6, 6.07) is 30.3. The van der Waals surface area contributed by atoms with Crippen LogP contribution in [-0.2, 0) is 4.79 Å². The van der Waals surface area contributed by atoms with E-state index in [1.807, 2.05) is 91.0 Å². The van der Waals surface area contributed by atoms with Crippen molar-refractivity contribution in [1.29, 1.82) is 0 Å². The molecule has 0 saturated carbocycles. The first-order valence-electron chi connectivity index (χ1n) is 12.2. The van der Waals surface area contributed by atoms with E-state index in [-0.39, 0.29) is 5.91 Å². The molecule has 1 aromatic heterocycles. The number of aromatic nitrogens is 1. The number of amides is 1. The fraction of sp³-hybridized carbons (Fsp3) is 0.0645. The number of carbonyl (C=O) groups excluding carboxylic acids is 1. The summed E-state index contributed by atoms with van der Waals surface area (Å²) in [5, 5.41) is 0.482. The Labute approximate surface area is 229 Å². The van der Waals surface area contributed by atoms with Crippen LogP contribution < -0.4 is 19.1 Å². The minimum atomic E-state index is -0.268. The molecule has 0 saturated heterocycles. The molecule has 8 heteroatoms. The number of rotatable bonds is 7. The third-order valence-electron chi connectivity index (χ3n) is 6.14. The number of amidine groups is 1. The fourth-order valence-electron chi connectivity index (χ4n) is 4.26. The van der Waals surface area contributed by atoms with Gasteiger partial charge in [0, 0.05) is 5.56 Å². The van der Waals surface area contributed by atoms with Crippen LogP contribution in [-0.4, -0.2) is 30.9 Å². The molecule has 0 unspecified atom stereocenters. The van der Waals surface area contributed by atoms with Crippen LogP contribution in [0.15, 0.2) is 108 Å². The number of thiazole rings is 1. The molecule has 39 heavy (non-hydrogen) atoms. The Morgan fingerprint density at radius 1 is 0.769 bits per heavy atom. The van der Waals surface area contributed by atoms with Gasteiger partial charge in [-0.05, 0) is 48.0 Å². The van der Waals surface area contributed by atoms with Crippen molar-refractivity contribution >= 4 is 44.5 Å². The maximum Gasteiger partial charge on any atom is 0.284 e. The van der Waals surface area contributed by atoms with Gasteiger partial charge in [-0.25, -0.2) is 14.9 Å². The van der Waals surface area contributed by atoms with Gasteiger partial charge in [0.2, 0.25) is 0 Å². The molecule has 7 nitrogen and oxygen atoms in total. The number of hydrogen-bond donors (Lipinski definition) is 0. The van der Waals surface area contributed by atoms with Crippen molar-refractivity contribution in [3.63, 3.8) is 0 Å². The average molecular weight is 534 g/mol. The van der Waals surface area contributed by atoms with Crippen molar-refractivity contribution in [2.24, 2.45) is 4.99 Å². The zero-order valence-corrected chi connectivity index (χ0v) is 22.0. The first-order valence-corrected chi connectivity index (χ1v) is 13.0. The number of ether oxygens (including phenoxy) is 3. The molecule has 0 atom stereocenters. The van der Waals surface area contributed by atoms with Crippen molar-refractivity contribution in [3.05, 3.63) is 114 Å². The molecular formula is C31H23N3O4S. The second kappa shape index (κ2) is 10.4. The molecule has 6 rings (SSSR count). The van der Waals surface area contributed by atoms with Crippen molar-refractivity contribution in [2.75, 3.05) is 19.1 Å². The highest BCUT2D eigenvalue weighted by atomic mass is 32.1. The number of anilines is 1. The summed E-state index contributed by atoms with van der Waals surface area (Å²) < 4.78 is 17.8. The molecule has 0 radical (unpaired) electrons. The molecule has 0 aliphatic carbocycles. The number of methoxy groups -OCH3 is 2. The maximum absolute atomic E-state index is 13.8. The Morgan fingerprint density at radius 3 is 2.10 bits per heavy atom. The maximum atomic E-state index is 13.8. The second-order valence-corrected chi connectivity index (χ2v) is 9.58. The van der Waals surface area contributed by atoms with Gasteiger partial charge < -0.3 is 14.2 Å². The van der Waals surface area contributed by atoms with Crippen molar-refractivity contribution in [3.8, 4) is 23.0 Å². The van der Waals surface area contributed by atoms with E-state index in [1.54, 1.807) is 31.3 Å². The third kappa shape index (κ3) is 4.73. The molecule has 1 aliphatic rings. The number of carbonyl (C=O) groups is 1. The van der Waals surface area contributed by atoms with Gasteiger partial charge in [0.1, 0.15) is 44.7 Å². The third-order valence-corrected chi connectivity index (χ3v) is 7.20. The smallest absolute Gasteiger partial charge is 0.284 e. The summed E-state index contributed by atoms with van der Waals surface area (Å²) in [4.78, 5) is 24.9. The van der Waals surface area contributed by atoms with Crippen LogP contribution in [0.2, 0.25) is 0 Å². The first-order chi connectivity index (χ1) is 19.1. The van der Waals surface area contributed by atoms with E-state index in [4.69, 9.17) is 24.2 Å². The molecule has 0 bridgehead atoms. The van der Waals surface area contributed by atoms with Gasteiger partial charge in [0.05, 0.1) is 14.2 Å². The van der Waals surface area contributed by atoms with Crippen LogP contribution >= 0.6 is 11.3 Å². The quantitative estimate of drug-likeness (QED) is 0.212. The van der Waals surface area contributed by atoms with E-state index >= 15 is 0 Å². The minimum absolute atomic E-state index is 0.268. The van der Waals surface area contributed by atoms with Gasteiger partial charge in [-0.2, -0.15) is 0 Å². The van der Waals surface area contributed by atoms with Gasteiger partial charge >= 0.3 is 0 Å². The molecule has 5 aromatic rings. The van der Waals surface area contributed by atoms with E-state index < -0.39 is 0 Å². The Hall–Kier alpha value is -4.95. The van der Waals surface area contributed by atoms with Crippen molar-refractivity contribution in [1.82, 2.24) is 4.98 Å². The molecule has 0 N–H and O–H groups in total. The highest BCUT2D eigenvalue weighted by Crippen LogP contribution is 2.41. The van der Waals surface area contributed by atoms with Crippen LogP contribution in [0.1, 0.15) is 11.1 Å². The summed E-state index contributed by atoms with van der Waals surface area (Å²) in [5.41, 5.74) is 2.57. The standard InChI is InChI=1S/C31H23N3O4S/c1-36-25-17-18-26(37-2)28-27(25)33-31(39-28)34-29(21-9-5-3-6-10-21)32-24(30(34)35)19-20-13-15-23(16-14-20)38-22-11-7-4-8-12-22/h3-19H,1-2H3. The summed E-state index contributed by atoms with van der Waals surface area (Å²) in [7, 11) is 3.20. The van der Waals surface area contributed by atoms with Crippen LogP contribution in [0.4, 0.5) is 5.13 Å². The second-order valence-electron chi connectivity index (χ2n) is 8.60. The average Bonchev–Trinajstić information content (AvgIpc) is 3.56. The lowest BCUT2D eigenvalue weighted by Gasteiger charge is -2.14. The largest absolute Gasteiger partial charge is 0.495 e. The molecule has 0 spiro atoms. The van der Waals surface area contributed by atoms with Crippen LogP contribution in [0.25, 0.3) is 16.3 Å². The van der Waals surface area contributed by atoms with Crippen molar-refractivity contribution in [2.45, 2.75) is 0 Å². The summed E-state index contributed by atoms with van der Waals surface area (Å²) in [6.45, 7) is 0. The Morgan fingerprint density at radius 2 is 1.41 bits per heavy atom. The number of hydrogen-bond acceptors (Lipinski definition) is 7. The molecule has 1 aliphatic heterocycles. The van der Waals surface area contributed by atoms with Crippen LogP contribution in [0.3, 0.4) is 0 Å². The van der Waals surface area contributed by atoms with Crippen LogP contribution in [0, 0.1) is 0 Å². The Kier molecular flexibility index (Phi) is 6.52. The highest BCUT2D eigenvalue weighted by molar-refractivity contribution is 7.23. The predicted octanol–water partition coefficient (Wildman–Crippen LogP) is 6.94. The number of nitrogens with zero attached hydrogens (tertiary/aromatic N) is 3. The zero-order chi connectivity index (χ0) is 26.8. The van der Waals surface area contributed by atoms with E-state index in [0.717, 1.165) is 21.6 Å². The minimum Gasteiger partial charge on any atom is -0.495 e. The lowest BCUT2D eigenvalue weighted by Crippen LogP contribution is -2.32. The van der Waals surface area contributed by atoms with E-state index in [2.05, 4.69) is 0 Å². The molecule has 4 aromatic carbocycles. The van der Waals surface area contributed by atoms with Crippen LogP contribution in [0.5, 0.6) is 23.0 Å². The molecule has 2 heterocycles. The lowest BCUT2D eigenvalue weighted by atomic mass is 10.2. The number of benzene rings is 4. The van der Waals surface area contributed by atoms with Crippen molar-refractivity contribution < 1.29 is 19.0 Å². The van der Waals surface area contributed by atoms with E-state index in [0.29, 0.717) is 39.4 Å². The van der Waals surface area contributed by atoms with E-state index in [9.17, 15) is 4.79 Å². The summed E-state index contributed by atoms with van der Waals surface area (Å²) in [5.74, 6) is 2.96. The van der Waals surface area contributed by atoms with Gasteiger partial charge in [-0.3, -0.25) is 4.79 Å². The normalized spacial score (nSPS) is 14.1. The molecule has 0 fully saturated rings. The monoisotopic (exact) mass is 533 g/mol. The molecule has 192 valence electrons. The Bertz CT molecular complexity index is 1670. The molecule has 1 amide bonds. The SMILES string of the molecule is COc1ccc(OC)c2sc(N3C(=O)C(=Cc4ccc(Oc5ccccc5)cc4)N=C3c3ccccc3)nc12. The lowest BCUT2D eigenvalue weighted by molar-refractivity contribution is -0.113. The first kappa shape index (κ1) is 24.4. The highest BCUT2D eigenvalue weighted by Gasteiger charge is 2.35. The fourth-order valence-corrected chi connectivity index (χ4v) is 5.33. The number of para-hydroxylation sites is 1. The topological polar surface area (TPSA) is 73.2 Å². The predicted molar refractivity (Wildman–Crippen MR) is 154 cm³/mol. The van der Waals surface area contributed by atoms with Gasteiger partial charge in [-0.1, -0.05) is 72.0 Å². The van der Waals surface area contributed by atoms with E-state index in [1.165, 1.54) is 11.3 Å². The zero-order valence-electron chi connectivity index (χ0n) is 21.2. The van der Waals surface area contributed by atoms with Gasteiger partial charge in [0.25, 0.3) is 5.91 Å². The summed E-state index contributed by atoms with van der Waals surface area (Å²) in [6.07, 6.45) is 1.77. The van der Waals surface area contributed by atoms with Gasteiger partial charge in [-0.15, -0.1) is 0 Å². The Balaban J connectivity index is 1.38. The van der Waals surface area contributed by atoms with Gasteiger partial charge in [0.15, 0.2) is 5.13 Å².